The third-order valence-electron chi connectivity index (χ3n) is 4.56. The molecule has 0 saturated carbocycles. The first-order valence-electron chi connectivity index (χ1n) is 8.63. The van der Waals surface area contributed by atoms with E-state index in [9.17, 15) is 17.6 Å². The molecule has 0 spiro atoms. The van der Waals surface area contributed by atoms with E-state index in [4.69, 9.17) is 0 Å². The SMILES string of the molecule is Cc1ccc([C@@H](C)NC(=O)[C@H](C)N(c2ccc(F)cc2)S(C)(=O)=O)cc1C. The zero-order valence-corrected chi connectivity index (χ0v) is 17.0. The summed E-state index contributed by atoms with van der Waals surface area (Å²) in [6.45, 7) is 7.36. The second-order valence-electron chi connectivity index (χ2n) is 6.79. The van der Waals surface area contributed by atoms with E-state index in [-0.39, 0.29) is 11.7 Å². The number of carbonyl (C=O) groups is 1. The minimum atomic E-state index is -3.74. The molecule has 0 heterocycles. The van der Waals surface area contributed by atoms with Crippen LogP contribution in [0, 0.1) is 19.7 Å². The van der Waals surface area contributed by atoms with Crippen molar-refractivity contribution in [2.45, 2.75) is 39.8 Å². The maximum atomic E-state index is 13.2. The maximum Gasteiger partial charge on any atom is 0.244 e. The molecule has 0 aliphatic carbocycles. The van der Waals surface area contributed by atoms with E-state index in [1.54, 1.807) is 0 Å². The van der Waals surface area contributed by atoms with Crippen LogP contribution in [-0.2, 0) is 14.8 Å². The van der Waals surface area contributed by atoms with Gasteiger partial charge < -0.3 is 5.32 Å². The molecule has 0 fully saturated rings. The van der Waals surface area contributed by atoms with Crippen LogP contribution in [0.5, 0.6) is 0 Å². The number of rotatable bonds is 6. The molecule has 2 aromatic rings. The molecule has 27 heavy (non-hydrogen) atoms. The Hall–Kier alpha value is -2.41. The number of amides is 1. The van der Waals surface area contributed by atoms with Crippen LogP contribution in [-0.4, -0.2) is 26.6 Å². The summed E-state index contributed by atoms with van der Waals surface area (Å²) in [6, 6.07) is 9.66. The molecular formula is C20H25FN2O3S. The van der Waals surface area contributed by atoms with Crippen LogP contribution in [0.4, 0.5) is 10.1 Å². The molecule has 7 heteroatoms. The van der Waals surface area contributed by atoms with E-state index in [0.717, 1.165) is 39.4 Å². The third kappa shape index (κ3) is 5.07. The first-order chi connectivity index (χ1) is 12.5. The average molecular weight is 392 g/mol. The van der Waals surface area contributed by atoms with Crippen molar-refractivity contribution >= 4 is 21.6 Å². The predicted molar refractivity (Wildman–Crippen MR) is 106 cm³/mol. The summed E-state index contributed by atoms with van der Waals surface area (Å²) in [6.07, 6.45) is 1.02. The lowest BCUT2D eigenvalue weighted by Gasteiger charge is -2.29. The molecule has 0 saturated heterocycles. The van der Waals surface area contributed by atoms with Gasteiger partial charge in [0.2, 0.25) is 15.9 Å². The van der Waals surface area contributed by atoms with Crippen molar-refractivity contribution in [3.63, 3.8) is 0 Å². The van der Waals surface area contributed by atoms with Gasteiger partial charge in [0, 0.05) is 0 Å². The lowest BCUT2D eigenvalue weighted by Crippen LogP contribution is -2.48. The van der Waals surface area contributed by atoms with Gasteiger partial charge in [-0.3, -0.25) is 9.10 Å². The zero-order valence-electron chi connectivity index (χ0n) is 16.2. The van der Waals surface area contributed by atoms with Gasteiger partial charge in [-0.1, -0.05) is 18.2 Å². The second kappa shape index (κ2) is 8.08. The summed E-state index contributed by atoms with van der Waals surface area (Å²) in [5, 5.41) is 2.86. The van der Waals surface area contributed by atoms with Crippen LogP contribution in [0.3, 0.4) is 0 Å². The molecule has 0 bridgehead atoms. The number of sulfonamides is 1. The summed E-state index contributed by atoms with van der Waals surface area (Å²) >= 11 is 0. The van der Waals surface area contributed by atoms with Gasteiger partial charge >= 0.3 is 0 Å². The van der Waals surface area contributed by atoms with Crippen molar-refractivity contribution in [1.82, 2.24) is 5.32 Å². The monoisotopic (exact) mass is 392 g/mol. The molecule has 0 unspecified atom stereocenters. The molecule has 2 aromatic carbocycles. The molecular weight excluding hydrogens is 367 g/mol. The van der Waals surface area contributed by atoms with E-state index in [1.165, 1.54) is 19.1 Å². The number of benzene rings is 2. The Bertz CT molecular complexity index is 927. The molecule has 2 rings (SSSR count). The predicted octanol–water partition coefficient (Wildman–Crippen LogP) is 3.47. The van der Waals surface area contributed by atoms with Gasteiger partial charge in [0.15, 0.2) is 0 Å². The fourth-order valence-electron chi connectivity index (χ4n) is 2.85. The molecule has 1 amide bonds. The number of hydrogen-bond donors (Lipinski definition) is 1. The highest BCUT2D eigenvalue weighted by molar-refractivity contribution is 7.92. The minimum absolute atomic E-state index is 0.236. The zero-order chi connectivity index (χ0) is 20.4. The van der Waals surface area contributed by atoms with Crippen LogP contribution < -0.4 is 9.62 Å². The van der Waals surface area contributed by atoms with Crippen LogP contribution in [0.15, 0.2) is 42.5 Å². The van der Waals surface area contributed by atoms with Gasteiger partial charge in [0.05, 0.1) is 18.0 Å². The third-order valence-corrected chi connectivity index (χ3v) is 5.80. The van der Waals surface area contributed by atoms with Crippen molar-refractivity contribution in [3.05, 3.63) is 65.0 Å². The summed E-state index contributed by atoms with van der Waals surface area (Å²) in [4.78, 5) is 12.7. The molecule has 0 aliphatic heterocycles. The largest absolute Gasteiger partial charge is 0.348 e. The number of nitrogens with one attached hydrogen (secondary N) is 1. The number of carbonyl (C=O) groups excluding carboxylic acids is 1. The molecule has 1 N–H and O–H groups in total. The van der Waals surface area contributed by atoms with E-state index >= 15 is 0 Å². The van der Waals surface area contributed by atoms with Crippen molar-refractivity contribution < 1.29 is 17.6 Å². The Kier molecular flexibility index (Phi) is 6.26. The second-order valence-corrected chi connectivity index (χ2v) is 8.64. The number of aryl methyl sites for hydroxylation is 2. The standard InChI is InChI=1S/C20H25FN2O3S/c1-13-6-7-17(12-14(13)2)15(3)22-20(24)16(4)23(27(5,25)26)19-10-8-18(21)9-11-19/h6-12,15-16H,1-5H3,(H,22,24)/t15-,16+/m1/s1. The van der Waals surface area contributed by atoms with Crippen LogP contribution >= 0.6 is 0 Å². The van der Waals surface area contributed by atoms with Crippen LogP contribution in [0.1, 0.15) is 36.6 Å². The summed E-state index contributed by atoms with van der Waals surface area (Å²) in [7, 11) is -3.74. The van der Waals surface area contributed by atoms with Crippen molar-refractivity contribution in [2.24, 2.45) is 0 Å². The Morgan fingerprint density at radius 2 is 1.63 bits per heavy atom. The Morgan fingerprint density at radius 3 is 2.15 bits per heavy atom. The number of halogens is 1. The molecule has 2 atom stereocenters. The molecule has 0 aromatic heterocycles. The molecule has 146 valence electrons. The first kappa shape index (κ1) is 20.9. The van der Waals surface area contributed by atoms with Gasteiger partial charge in [-0.05, 0) is 68.7 Å². The highest BCUT2D eigenvalue weighted by Gasteiger charge is 2.29. The van der Waals surface area contributed by atoms with Crippen molar-refractivity contribution in [3.8, 4) is 0 Å². The van der Waals surface area contributed by atoms with Gasteiger partial charge in [-0.2, -0.15) is 0 Å². The van der Waals surface area contributed by atoms with Gasteiger partial charge in [0.25, 0.3) is 0 Å². The summed E-state index contributed by atoms with van der Waals surface area (Å²) in [5.74, 6) is -0.914. The number of hydrogen-bond acceptors (Lipinski definition) is 3. The fraction of sp³-hybridized carbons (Fsp3) is 0.350. The van der Waals surface area contributed by atoms with Crippen molar-refractivity contribution in [2.75, 3.05) is 10.6 Å². The number of anilines is 1. The van der Waals surface area contributed by atoms with Crippen LogP contribution in [0.25, 0.3) is 0 Å². The Balaban J connectivity index is 2.24. The van der Waals surface area contributed by atoms with E-state index in [1.807, 2.05) is 39.0 Å². The normalized spacial score (nSPS) is 13.7. The van der Waals surface area contributed by atoms with Crippen molar-refractivity contribution in [1.29, 1.82) is 0 Å². The smallest absolute Gasteiger partial charge is 0.244 e. The van der Waals surface area contributed by atoms with Crippen LogP contribution in [0.2, 0.25) is 0 Å². The lowest BCUT2D eigenvalue weighted by atomic mass is 10.0. The summed E-state index contributed by atoms with van der Waals surface area (Å²) in [5.41, 5.74) is 3.45. The average Bonchev–Trinajstić information content (AvgIpc) is 2.57. The highest BCUT2D eigenvalue weighted by Crippen LogP contribution is 2.22. The highest BCUT2D eigenvalue weighted by atomic mass is 32.2. The maximum absolute atomic E-state index is 13.2. The lowest BCUT2D eigenvalue weighted by molar-refractivity contribution is -0.122. The quantitative estimate of drug-likeness (QED) is 0.819. The topological polar surface area (TPSA) is 66.5 Å². The minimum Gasteiger partial charge on any atom is -0.348 e. The molecule has 0 aliphatic rings. The number of nitrogens with zero attached hydrogens (tertiary/aromatic N) is 1. The Labute approximate surface area is 160 Å². The van der Waals surface area contributed by atoms with Gasteiger partial charge in [0.1, 0.15) is 11.9 Å². The first-order valence-corrected chi connectivity index (χ1v) is 10.5. The van der Waals surface area contributed by atoms with E-state index in [2.05, 4.69) is 5.32 Å². The van der Waals surface area contributed by atoms with E-state index < -0.39 is 27.8 Å². The summed E-state index contributed by atoms with van der Waals surface area (Å²) < 4.78 is 38.7. The fourth-order valence-corrected chi connectivity index (χ4v) is 4.02. The van der Waals surface area contributed by atoms with E-state index in [0.29, 0.717) is 0 Å². The molecule has 5 nitrogen and oxygen atoms in total. The Morgan fingerprint density at radius 1 is 1.04 bits per heavy atom. The van der Waals surface area contributed by atoms with Gasteiger partial charge in [-0.25, -0.2) is 12.8 Å². The molecule has 0 radical (unpaired) electrons. The van der Waals surface area contributed by atoms with Gasteiger partial charge in [-0.15, -0.1) is 0 Å².